The van der Waals surface area contributed by atoms with Crippen LogP contribution in [0.4, 0.5) is 19.0 Å². The maximum Gasteiger partial charge on any atom is 0.406 e. The summed E-state index contributed by atoms with van der Waals surface area (Å²) in [6.45, 7) is 1.36. The van der Waals surface area contributed by atoms with E-state index in [0.29, 0.717) is 17.3 Å². The second-order valence-electron chi connectivity index (χ2n) is 4.01. The minimum absolute atomic E-state index is 0.117. The number of nitrogens with zero attached hydrogens (tertiary/aromatic N) is 3. The fourth-order valence-corrected chi connectivity index (χ4v) is 1.33. The molecule has 0 aliphatic heterocycles. The number of hydrogen-bond donors (Lipinski definition) is 1. The number of rotatable bonds is 5. The molecule has 106 valence electrons. The second-order valence-corrected chi connectivity index (χ2v) is 4.01. The largest absolute Gasteiger partial charge is 0.406 e. The third-order valence-electron chi connectivity index (χ3n) is 2.20. The van der Waals surface area contributed by atoms with Gasteiger partial charge in [-0.1, -0.05) is 6.92 Å². The molecule has 0 fully saturated rings. The number of hydrogen-bond acceptors (Lipinski definition) is 4. The number of carbonyl (C=O) groups excluding carboxylic acids is 1. The van der Waals surface area contributed by atoms with Gasteiger partial charge in [0, 0.05) is 13.6 Å². The van der Waals surface area contributed by atoms with Crippen LogP contribution in [0, 0.1) is 0 Å². The second kappa shape index (κ2) is 6.35. The number of aromatic nitrogens is 2. The number of amides is 1. The monoisotopic (exact) mass is 276 g/mol. The fourth-order valence-electron chi connectivity index (χ4n) is 1.33. The Bertz CT molecular complexity index is 419. The third-order valence-corrected chi connectivity index (χ3v) is 2.20. The van der Waals surface area contributed by atoms with Crippen molar-refractivity contribution in [3.05, 3.63) is 17.8 Å². The van der Waals surface area contributed by atoms with Crippen molar-refractivity contribution in [2.45, 2.75) is 19.5 Å². The maximum absolute atomic E-state index is 12.1. The number of nitrogens with one attached hydrogen (secondary N) is 1. The Balaban J connectivity index is 2.67. The standard InChI is InChI=1S/C11H15F3N4O/c1-3-6-15-9-5-4-8(16-17-9)10(19)18(2)7-11(12,13)14/h4-5H,3,6-7H2,1-2H3,(H,15,17). The average Bonchev–Trinajstić information content (AvgIpc) is 2.34. The molecule has 8 heteroatoms. The molecule has 0 radical (unpaired) electrons. The molecule has 0 bridgehead atoms. The van der Waals surface area contributed by atoms with Gasteiger partial charge in [-0.05, 0) is 18.6 Å². The van der Waals surface area contributed by atoms with Crippen molar-refractivity contribution in [1.29, 1.82) is 0 Å². The fraction of sp³-hybridized carbons (Fsp3) is 0.545. The van der Waals surface area contributed by atoms with Crippen LogP contribution < -0.4 is 5.32 Å². The summed E-state index contributed by atoms with van der Waals surface area (Å²) in [5.41, 5.74) is -0.117. The van der Waals surface area contributed by atoms with Crippen molar-refractivity contribution in [2.24, 2.45) is 0 Å². The molecule has 5 nitrogen and oxygen atoms in total. The predicted molar refractivity (Wildman–Crippen MR) is 63.8 cm³/mol. The summed E-state index contributed by atoms with van der Waals surface area (Å²) in [4.78, 5) is 12.2. The first-order chi connectivity index (χ1) is 8.83. The Morgan fingerprint density at radius 2 is 2.05 bits per heavy atom. The number of halogens is 3. The van der Waals surface area contributed by atoms with Crippen LogP contribution in [0.25, 0.3) is 0 Å². The summed E-state index contributed by atoms with van der Waals surface area (Å²) in [5, 5.41) is 10.3. The van der Waals surface area contributed by atoms with Crippen LogP contribution in [0.2, 0.25) is 0 Å². The highest BCUT2D eigenvalue weighted by atomic mass is 19.4. The first-order valence-corrected chi connectivity index (χ1v) is 5.73. The lowest BCUT2D eigenvalue weighted by atomic mass is 10.3. The summed E-state index contributed by atoms with van der Waals surface area (Å²) < 4.78 is 36.4. The van der Waals surface area contributed by atoms with Gasteiger partial charge in [-0.15, -0.1) is 10.2 Å². The van der Waals surface area contributed by atoms with Gasteiger partial charge in [-0.3, -0.25) is 4.79 Å². The van der Waals surface area contributed by atoms with Crippen LogP contribution in [0.3, 0.4) is 0 Å². The van der Waals surface area contributed by atoms with E-state index >= 15 is 0 Å². The summed E-state index contributed by atoms with van der Waals surface area (Å²) in [6.07, 6.45) is -3.53. The van der Waals surface area contributed by atoms with Gasteiger partial charge in [0.05, 0.1) is 0 Å². The molecule has 0 aromatic carbocycles. The van der Waals surface area contributed by atoms with E-state index in [1.807, 2.05) is 6.92 Å². The Kier molecular flexibility index (Phi) is 5.08. The van der Waals surface area contributed by atoms with E-state index in [0.717, 1.165) is 13.5 Å². The van der Waals surface area contributed by atoms with E-state index in [1.54, 1.807) is 0 Å². The molecule has 1 heterocycles. The summed E-state index contributed by atoms with van der Waals surface area (Å²) in [5.74, 6) is -0.330. The lowest BCUT2D eigenvalue weighted by Gasteiger charge is -2.18. The Morgan fingerprint density at radius 3 is 2.53 bits per heavy atom. The number of anilines is 1. The molecule has 1 rings (SSSR count). The van der Waals surface area contributed by atoms with E-state index in [9.17, 15) is 18.0 Å². The van der Waals surface area contributed by atoms with E-state index in [-0.39, 0.29) is 5.69 Å². The van der Waals surface area contributed by atoms with E-state index in [1.165, 1.54) is 12.1 Å². The van der Waals surface area contributed by atoms with E-state index < -0.39 is 18.6 Å². The van der Waals surface area contributed by atoms with Gasteiger partial charge >= 0.3 is 6.18 Å². The zero-order valence-corrected chi connectivity index (χ0v) is 10.7. The van der Waals surface area contributed by atoms with Crippen LogP contribution in [0.1, 0.15) is 23.8 Å². The topological polar surface area (TPSA) is 58.1 Å². The summed E-state index contributed by atoms with van der Waals surface area (Å²) >= 11 is 0. The molecule has 1 amide bonds. The number of carbonyl (C=O) groups is 1. The van der Waals surface area contributed by atoms with Gasteiger partial charge in [0.1, 0.15) is 12.4 Å². The molecule has 0 atom stereocenters. The minimum Gasteiger partial charge on any atom is -0.369 e. The Morgan fingerprint density at radius 1 is 1.37 bits per heavy atom. The van der Waals surface area contributed by atoms with Crippen molar-refractivity contribution in [3.8, 4) is 0 Å². The van der Waals surface area contributed by atoms with Gasteiger partial charge in [0.15, 0.2) is 5.69 Å². The predicted octanol–water partition coefficient (Wildman–Crippen LogP) is 1.93. The van der Waals surface area contributed by atoms with Crippen molar-refractivity contribution in [3.63, 3.8) is 0 Å². The van der Waals surface area contributed by atoms with E-state index in [2.05, 4.69) is 15.5 Å². The highest BCUT2D eigenvalue weighted by molar-refractivity contribution is 5.92. The quantitative estimate of drug-likeness (QED) is 0.892. The van der Waals surface area contributed by atoms with Crippen molar-refractivity contribution in [1.82, 2.24) is 15.1 Å². The normalized spacial score (nSPS) is 11.2. The smallest absolute Gasteiger partial charge is 0.369 e. The molecule has 0 spiro atoms. The summed E-state index contributed by atoms with van der Waals surface area (Å²) in [6, 6.07) is 2.86. The minimum atomic E-state index is -4.43. The third kappa shape index (κ3) is 5.11. The van der Waals surface area contributed by atoms with Crippen LogP contribution in [0.5, 0.6) is 0 Å². The maximum atomic E-state index is 12.1. The van der Waals surface area contributed by atoms with Crippen molar-refractivity contribution < 1.29 is 18.0 Å². The molecule has 0 unspecified atom stereocenters. The highest BCUT2D eigenvalue weighted by Gasteiger charge is 2.31. The molecule has 0 aliphatic carbocycles. The van der Waals surface area contributed by atoms with Crippen LogP contribution in [-0.4, -0.2) is 47.3 Å². The SMILES string of the molecule is CCCNc1ccc(C(=O)N(C)CC(F)(F)F)nn1. The van der Waals surface area contributed by atoms with Crippen LogP contribution in [-0.2, 0) is 0 Å². The van der Waals surface area contributed by atoms with Crippen LogP contribution in [0.15, 0.2) is 12.1 Å². The Labute approximate surface area is 108 Å². The van der Waals surface area contributed by atoms with Gasteiger partial charge < -0.3 is 10.2 Å². The zero-order valence-electron chi connectivity index (χ0n) is 10.7. The van der Waals surface area contributed by atoms with Crippen LogP contribution >= 0.6 is 0 Å². The molecule has 1 aromatic rings. The number of alkyl halides is 3. The van der Waals surface area contributed by atoms with Crippen molar-refractivity contribution in [2.75, 3.05) is 25.5 Å². The molecular formula is C11H15F3N4O. The first kappa shape index (κ1) is 15.2. The summed E-state index contributed by atoms with van der Waals surface area (Å²) in [7, 11) is 1.07. The molecule has 0 saturated carbocycles. The van der Waals surface area contributed by atoms with Gasteiger partial charge in [-0.2, -0.15) is 13.2 Å². The molecule has 0 aliphatic rings. The zero-order chi connectivity index (χ0) is 14.5. The lowest BCUT2D eigenvalue weighted by Crippen LogP contribution is -2.36. The molecule has 1 aromatic heterocycles. The van der Waals surface area contributed by atoms with E-state index in [4.69, 9.17) is 0 Å². The highest BCUT2D eigenvalue weighted by Crippen LogP contribution is 2.16. The van der Waals surface area contributed by atoms with Gasteiger partial charge in [0.25, 0.3) is 5.91 Å². The molecular weight excluding hydrogens is 261 g/mol. The molecule has 0 saturated heterocycles. The lowest BCUT2D eigenvalue weighted by molar-refractivity contribution is -0.138. The average molecular weight is 276 g/mol. The van der Waals surface area contributed by atoms with Gasteiger partial charge in [-0.25, -0.2) is 0 Å². The van der Waals surface area contributed by atoms with Crippen molar-refractivity contribution >= 4 is 11.7 Å². The molecule has 1 N–H and O–H groups in total. The van der Waals surface area contributed by atoms with Gasteiger partial charge in [0.2, 0.25) is 0 Å². The Hall–Kier alpha value is -1.86. The first-order valence-electron chi connectivity index (χ1n) is 5.73. The molecule has 19 heavy (non-hydrogen) atoms.